The van der Waals surface area contributed by atoms with Gasteiger partial charge in [-0.2, -0.15) is 0 Å². The number of amides is 1. The highest BCUT2D eigenvalue weighted by Crippen LogP contribution is 2.19. The van der Waals surface area contributed by atoms with Crippen molar-refractivity contribution < 1.29 is 4.79 Å². The van der Waals surface area contributed by atoms with Crippen LogP contribution in [0.5, 0.6) is 0 Å². The SMILES string of the molecule is C=C(CC)NC(=O)c1cnc2c(c1)CCN2. The molecule has 2 rings (SSSR count). The Kier molecular flexibility index (Phi) is 2.90. The Morgan fingerprint density at radius 1 is 1.69 bits per heavy atom. The van der Waals surface area contributed by atoms with Crippen LogP contribution in [0.4, 0.5) is 5.82 Å². The van der Waals surface area contributed by atoms with Crippen LogP contribution in [0.2, 0.25) is 0 Å². The maximum Gasteiger partial charge on any atom is 0.256 e. The van der Waals surface area contributed by atoms with Crippen molar-refractivity contribution in [2.45, 2.75) is 19.8 Å². The lowest BCUT2D eigenvalue weighted by atomic mass is 10.1. The van der Waals surface area contributed by atoms with Gasteiger partial charge in [-0.05, 0) is 24.5 Å². The summed E-state index contributed by atoms with van der Waals surface area (Å²) in [5.74, 6) is 0.764. The van der Waals surface area contributed by atoms with Crippen molar-refractivity contribution in [3.8, 4) is 0 Å². The Bertz CT molecular complexity index is 440. The third-order valence-corrected chi connectivity index (χ3v) is 2.63. The van der Waals surface area contributed by atoms with Crippen molar-refractivity contribution >= 4 is 11.7 Å². The molecule has 1 aliphatic rings. The van der Waals surface area contributed by atoms with Crippen molar-refractivity contribution in [3.05, 3.63) is 35.7 Å². The maximum absolute atomic E-state index is 11.8. The van der Waals surface area contributed by atoms with E-state index >= 15 is 0 Å². The molecule has 0 spiro atoms. The van der Waals surface area contributed by atoms with Crippen LogP contribution in [0.15, 0.2) is 24.5 Å². The van der Waals surface area contributed by atoms with Gasteiger partial charge < -0.3 is 10.6 Å². The zero-order chi connectivity index (χ0) is 11.5. The molecule has 2 N–H and O–H groups in total. The first-order chi connectivity index (χ1) is 7.70. The minimum absolute atomic E-state index is 0.131. The molecule has 0 saturated heterocycles. The van der Waals surface area contributed by atoms with Crippen LogP contribution in [0, 0.1) is 0 Å². The van der Waals surface area contributed by atoms with Crippen LogP contribution < -0.4 is 10.6 Å². The summed E-state index contributed by atoms with van der Waals surface area (Å²) in [5.41, 5.74) is 2.43. The summed E-state index contributed by atoms with van der Waals surface area (Å²) in [4.78, 5) is 16.0. The van der Waals surface area contributed by atoms with E-state index in [1.807, 2.05) is 13.0 Å². The molecule has 0 atom stereocenters. The van der Waals surface area contributed by atoms with Crippen LogP contribution in [0.3, 0.4) is 0 Å². The average molecular weight is 217 g/mol. The van der Waals surface area contributed by atoms with Crippen LogP contribution >= 0.6 is 0 Å². The minimum Gasteiger partial charge on any atom is -0.370 e. The summed E-state index contributed by atoms with van der Waals surface area (Å²) in [5, 5.41) is 5.90. The zero-order valence-electron chi connectivity index (χ0n) is 9.34. The van der Waals surface area contributed by atoms with Crippen molar-refractivity contribution in [3.63, 3.8) is 0 Å². The van der Waals surface area contributed by atoms with Gasteiger partial charge in [0, 0.05) is 18.4 Å². The van der Waals surface area contributed by atoms with E-state index in [9.17, 15) is 4.79 Å². The summed E-state index contributed by atoms with van der Waals surface area (Å²) >= 11 is 0. The number of carbonyl (C=O) groups excluding carboxylic acids is 1. The molecule has 1 aromatic heterocycles. The minimum atomic E-state index is -0.131. The lowest BCUT2D eigenvalue weighted by molar-refractivity contribution is 0.0964. The molecule has 2 heterocycles. The van der Waals surface area contributed by atoms with Crippen molar-refractivity contribution in [2.75, 3.05) is 11.9 Å². The number of hydrogen-bond acceptors (Lipinski definition) is 3. The smallest absolute Gasteiger partial charge is 0.256 e. The molecular formula is C12H15N3O. The van der Waals surface area contributed by atoms with Gasteiger partial charge >= 0.3 is 0 Å². The van der Waals surface area contributed by atoms with Gasteiger partial charge in [0.2, 0.25) is 0 Å². The number of nitrogens with zero attached hydrogens (tertiary/aromatic N) is 1. The highest BCUT2D eigenvalue weighted by atomic mass is 16.1. The fourth-order valence-corrected chi connectivity index (χ4v) is 1.62. The molecule has 0 unspecified atom stereocenters. The topological polar surface area (TPSA) is 54.0 Å². The average Bonchev–Trinajstić information content (AvgIpc) is 2.75. The van der Waals surface area contributed by atoms with Crippen molar-refractivity contribution in [1.82, 2.24) is 10.3 Å². The van der Waals surface area contributed by atoms with Gasteiger partial charge in [-0.1, -0.05) is 13.5 Å². The van der Waals surface area contributed by atoms with E-state index in [0.717, 1.165) is 36.5 Å². The highest BCUT2D eigenvalue weighted by Gasteiger charge is 2.14. The number of aromatic nitrogens is 1. The summed E-state index contributed by atoms with van der Waals surface area (Å²) < 4.78 is 0. The predicted molar refractivity (Wildman–Crippen MR) is 63.3 cm³/mol. The molecule has 0 radical (unpaired) electrons. The highest BCUT2D eigenvalue weighted by molar-refractivity contribution is 5.95. The molecule has 1 aromatic rings. The number of fused-ring (bicyclic) bond motifs is 1. The third-order valence-electron chi connectivity index (χ3n) is 2.63. The normalized spacial score (nSPS) is 12.8. The van der Waals surface area contributed by atoms with Crippen LogP contribution in [0.1, 0.15) is 29.3 Å². The fraction of sp³-hybridized carbons (Fsp3) is 0.333. The Labute approximate surface area is 94.8 Å². The van der Waals surface area contributed by atoms with E-state index in [2.05, 4.69) is 22.2 Å². The molecule has 0 bridgehead atoms. The molecule has 0 aromatic carbocycles. The second-order valence-electron chi connectivity index (χ2n) is 3.82. The molecule has 4 nitrogen and oxygen atoms in total. The van der Waals surface area contributed by atoms with Crippen LogP contribution in [-0.4, -0.2) is 17.4 Å². The molecular weight excluding hydrogens is 202 g/mol. The second kappa shape index (κ2) is 4.35. The Morgan fingerprint density at radius 3 is 3.25 bits per heavy atom. The van der Waals surface area contributed by atoms with Gasteiger partial charge in [-0.3, -0.25) is 4.79 Å². The Morgan fingerprint density at radius 2 is 2.50 bits per heavy atom. The van der Waals surface area contributed by atoms with Gasteiger partial charge in [0.05, 0.1) is 5.56 Å². The first-order valence-electron chi connectivity index (χ1n) is 5.42. The maximum atomic E-state index is 11.8. The van der Waals surface area contributed by atoms with E-state index in [-0.39, 0.29) is 5.91 Å². The number of hydrogen-bond donors (Lipinski definition) is 2. The number of allylic oxidation sites excluding steroid dienone is 1. The molecule has 84 valence electrons. The molecule has 1 aliphatic heterocycles. The largest absolute Gasteiger partial charge is 0.370 e. The van der Waals surface area contributed by atoms with Gasteiger partial charge in [-0.15, -0.1) is 0 Å². The number of rotatable bonds is 3. The van der Waals surface area contributed by atoms with Gasteiger partial charge in [0.15, 0.2) is 0 Å². The third kappa shape index (κ3) is 2.05. The fourth-order valence-electron chi connectivity index (χ4n) is 1.62. The van der Waals surface area contributed by atoms with Crippen LogP contribution in [0.25, 0.3) is 0 Å². The lowest BCUT2D eigenvalue weighted by Crippen LogP contribution is -2.22. The summed E-state index contributed by atoms with van der Waals surface area (Å²) in [6.45, 7) is 6.60. The predicted octanol–water partition coefficient (Wildman–Crippen LogP) is 1.70. The quantitative estimate of drug-likeness (QED) is 0.810. The van der Waals surface area contributed by atoms with Gasteiger partial charge in [-0.25, -0.2) is 4.98 Å². The number of carbonyl (C=O) groups is 1. The second-order valence-corrected chi connectivity index (χ2v) is 3.82. The summed E-state index contributed by atoms with van der Waals surface area (Å²) in [6, 6.07) is 1.89. The monoisotopic (exact) mass is 217 g/mol. The Balaban J connectivity index is 2.15. The van der Waals surface area contributed by atoms with Gasteiger partial charge in [0.1, 0.15) is 5.82 Å². The number of anilines is 1. The molecule has 16 heavy (non-hydrogen) atoms. The first kappa shape index (κ1) is 10.7. The molecule has 0 aliphatic carbocycles. The molecule has 1 amide bonds. The van der Waals surface area contributed by atoms with E-state index < -0.39 is 0 Å². The molecule has 4 heteroatoms. The lowest BCUT2D eigenvalue weighted by Gasteiger charge is -2.06. The van der Waals surface area contributed by atoms with Gasteiger partial charge in [0.25, 0.3) is 5.91 Å². The van der Waals surface area contributed by atoms with E-state index in [1.165, 1.54) is 0 Å². The van der Waals surface area contributed by atoms with Crippen molar-refractivity contribution in [1.29, 1.82) is 0 Å². The zero-order valence-corrected chi connectivity index (χ0v) is 9.34. The first-order valence-corrected chi connectivity index (χ1v) is 5.42. The summed E-state index contributed by atoms with van der Waals surface area (Å²) in [7, 11) is 0. The van der Waals surface area contributed by atoms with E-state index in [1.54, 1.807) is 6.20 Å². The molecule has 0 saturated carbocycles. The van der Waals surface area contributed by atoms with E-state index in [0.29, 0.717) is 5.56 Å². The molecule has 0 fully saturated rings. The van der Waals surface area contributed by atoms with E-state index in [4.69, 9.17) is 0 Å². The van der Waals surface area contributed by atoms with Crippen molar-refractivity contribution in [2.24, 2.45) is 0 Å². The van der Waals surface area contributed by atoms with Crippen LogP contribution in [-0.2, 0) is 6.42 Å². The standard InChI is InChI=1S/C12H15N3O/c1-3-8(2)15-12(16)10-6-9-4-5-13-11(9)14-7-10/h6-7H,2-5H2,1H3,(H,13,14)(H,15,16). The number of pyridine rings is 1. The summed E-state index contributed by atoms with van der Waals surface area (Å²) in [6.07, 6.45) is 3.26. The Hall–Kier alpha value is -1.84. The number of nitrogens with one attached hydrogen (secondary N) is 2.